The van der Waals surface area contributed by atoms with Gasteiger partial charge in [0.25, 0.3) is 5.91 Å². The van der Waals surface area contributed by atoms with Gasteiger partial charge in [0.15, 0.2) is 10.0 Å². The lowest BCUT2D eigenvalue weighted by molar-refractivity contribution is 0.0949. The van der Waals surface area contributed by atoms with Crippen molar-refractivity contribution >= 4 is 41.0 Å². The first kappa shape index (κ1) is 22.3. The van der Waals surface area contributed by atoms with Crippen molar-refractivity contribution < 1.29 is 14.2 Å². The highest BCUT2D eigenvalue weighted by molar-refractivity contribution is 8.00. The zero-order chi connectivity index (χ0) is 23.4. The first-order chi connectivity index (χ1) is 16.0. The molecule has 0 aliphatic carbocycles. The van der Waals surface area contributed by atoms with Crippen molar-refractivity contribution in [3.05, 3.63) is 45.7 Å². The molecule has 0 spiro atoms. The van der Waals surface area contributed by atoms with E-state index in [2.05, 4.69) is 46.0 Å². The van der Waals surface area contributed by atoms with E-state index in [0.717, 1.165) is 26.2 Å². The van der Waals surface area contributed by atoms with Crippen LogP contribution in [0.5, 0.6) is 5.75 Å². The molecule has 4 aromatic rings. The van der Waals surface area contributed by atoms with Crippen molar-refractivity contribution in [2.24, 2.45) is 5.10 Å². The molecule has 1 aromatic carbocycles. The van der Waals surface area contributed by atoms with Crippen LogP contribution < -0.4 is 15.9 Å². The predicted octanol–water partition coefficient (Wildman–Crippen LogP) is 1.77. The average molecular weight is 487 g/mol. The number of hydrogen-bond donors (Lipinski definition) is 2. The van der Waals surface area contributed by atoms with Gasteiger partial charge in [-0.05, 0) is 47.9 Å². The highest BCUT2D eigenvalue weighted by Crippen LogP contribution is 2.30. The number of thioether (sulfide) groups is 1. The Kier molecular flexibility index (Phi) is 6.60. The summed E-state index contributed by atoms with van der Waals surface area (Å²) in [4.78, 5) is 12.5. The third kappa shape index (κ3) is 4.98. The molecule has 3 N–H and O–H groups in total. The van der Waals surface area contributed by atoms with Crippen LogP contribution in [0.15, 0.2) is 32.3 Å². The summed E-state index contributed by atoms with van der Waals surface area (Å²) in [6.45, 7) is 3.55. The Labute approximate surface area is 195 Å². The van der Waals surface area contributed by atoms with Crippen molar-refractivity contribution in [3.63, 3.8) is 0 Å². The van der Waals surface area contributed by atoms with Crippen LogP contribution in [0.2, 0.25) is 0 Å². The van der Waals surface area contributed by atoms with Crippen LogP contribution in [0, 0.1) is 13.8 Å². The van der Waals surface area contributed by atoms with Gasteiger partial charge < -0.3 is 10.5 Å². The highest BCUT2D eigenvalue weighted by Gasteiger charge is 2.20. The zero-order valence-electron chi connectivity index (χ0n) is 17.7. The highest BCUT2D eigenvalue weighted by atomic mass is 32.2. The number of benzene rings is 1. The van der Waals surface area contributed by atoms with Crippen molar-refractivity contribution in [3.8, 4) is 11.6 Å². The summed E-state index contributed by atoms with van der Waals surface area (Å²) in [5, 5.41) is 28.0. The molecule has 0 aliphatic heterocycles. The number of carbonyl (C=O) groups is 1. The predicted molar refractivity (Wildman–Crippen MR) is 121 cm³/mol. The molecule has 33 heavy (non-hydrogen) atoms. The van der Waals surface area contributed by atoms with E-state index in [-0.39, 0.29) is 17.3 Å². The summed E-state index contributed by atoms with van der Waals surface area (Å²) in [6.07, 6.45) is 1.53. The molecule has 0 fully saturated rings. The SMILES string of the molecule is COc1ccc(C=NNC(=O)c2nnn(-c3nonc3N)c2C)cc1CSc1nnc(C)s1. The Bertz CT molecular complexity index is 1310. The molecule has 3 heterocycles. The van der Waals surface area contributed by atoms with Gasteiger partial charge in [-0.25, -0.2) is 10.1 Å². The maximum Gasteiger partial charge on any atom is 0.293 e. The van der Waals surface area contributed by atoms with Gasteiger partial charge in [0.05, 0.1) is 19.0 Å². The second-order valence-electron chi connectivity index (χ2n) is 6.55. The monoisotopic (exact) mass is 486 g/mol. The van der Waals surface area contributed by atoms with E-state index in [9.17, 15) is 4.79 Å². The molecular weight excluding hydrogens is 468 g/mol. The van der Waals surface area contributed by atoms with Crippen LogP contribution in [0.1, 0.15) is 32.3 Å². The first-order valence-corrected chi connectivity index (χ1v) is 11.2. The lowest BCUT2D eigenvalue weighted by Gasteiger charge is -2.08. The number of anilines is 1. The van der Waals surface area contributed by atoms with E-state index in [0.29, 0.717) is 11.4 Å². The third-order valence-corrected chi connectivity index (χ3v) is 6.37. The van der Waals surface area contributed by atoms with Gasteiger partial charge in [-0.1, -0.05) is 28.3 Å². The summed E-state index contributed by atoms with van der Waals surface area (Å²) in [5.41, 5.74) is 10.3. The van der Waals surface area contributed by atoms with E-state index in [1.165, 1.54) is 22.2 Å². The topological polar surface area (TPSA) is 172 Å². The fourth-order valence-electron chi connectivity index (χ4n) is 2.76. The number of nitrogens with two attached hydrogens (primary N) is 1. The molecule has 0 aliphatic rings. The van der Waals surface area contributed by atoms with Crippen LogP contribution >= 0.6 is 23.1 Å². The van der Waals surface area contributed by atoms with Crippen LogP contribution in [-0.2, 0) is 5.75 Å². The van der Waals surface area contributed by atoms with E-state index >= 15 is 0 Å². The number of aryl methyl sites for hydroxylation is 1. The number of hydrazone groups is 1. The molecular formula is C18H18N10O3S2. The van der Waals surface area contributed by atoms with Crippen LogP contribution in [0.3, 0.4) is 0 Å². The molecule has 4 rings (SSSR count). The van der Waals surface area contributed by atoms with Crippen molar-refractivity contribution in [1.82, 2.24) is 40.9 Å². The molecule has 0 saturated carbocycles. The van der Waals surface area contributed by atoms with Crippen molar-refractivity contribution in [2.45, 2.75) is 23.9 Å². The Morgan fingerprint density at radius 2 is 2.18 bits per heavy atom. The number of methoxy groups -OCH3 is 1. The fraction of sp³-hybridized carbons (Fsp3) is 0.222. The van der Waals surface area contributed by atoms with Crippen molar-refractivity contribution in [2.75, 3.05) is 12.8 Å². The Balaban J connectivity index is 1.43. The second kappa shape index (κ2) is 9.74. The summed E-state index contributed by atoms with van der Waals surface area (Å²) in [6, 6.07) is 5.60. The molecule has 0 saturated heterocycles. The number of amides is 1. The van der Waals surface area contributed by atoms with E-state index in [1.54, 1.807) is 25.8 Å². The molecule has 0 radical (unpaired) electrons. The number of hydrogen-bond acceptors (Lipinski definition) is 13. The number of nitrogen functional groups attached to an aromatic ring is 1. The molecule has 13 nitrogen and oxygen atoms in total. The largest absolute Gasteiger partial charge is 0.496 e. The number of carbonyl (C=O) groups excluding carboxylic acids is 1. The number of nitrogens with one attached hydrogen (secondary N) is 1. The Morgan fingerprint density at radius 1 is 1.33 bits per heavy atom. The van der Waals surface area contributed by atoms with Crippen LogP contribution in [0.25, 0.3) is 5.82 Å². The lowest BCUT2D eigenvalue weighted by atomic mass is 10.1. The zero-order valence-corrected chi connectivity index (χ0v) is 19.3. The maximum absolute atomic E-state index is 12.5. The minimum atomic E-state index is -0.541. The minimum Gasteiger partial charge on any atom is -0.496 e. The molecule has 170 valence electrons. The molecule has 0 atom stereocenters. The Morgan fingerprint density at radius 3 is 2.88 bits per heavy atom. The number of aromatic nitrogens is 7. The summed E-state index contributed by atoms with van der Waals surface area (Å²) in [7, 11) is 1.62. The molecule has 3 aromatic heterocycles. The van der Waals surface area contributed by atoms with Gasteiger partial charge in [-0.15, -0.1) is 15.3 Å². The fourth-order valence-corrected chi connectivity index (χ4v) is 4.56. The number of nitrogens with zero attached hydrogens (tertiary/aromatic N) is 8. The minimum absolute atomic E-state index is 0.0303. The molecule has 0 bridgehead atoms. The van der Waals surface area contributed by atoms with Gasteiger partial charge in [-0.2, -0.15) is 9.78 Å². The summed E-state index contributed by atoms with van der Waals surface area (Å²) < 4.78 is 12.1. The van der Waals surface area contributed by atoms with Gasteiger partial charge in [0.2, 0.25) is 11.6 Å². The van der Waals surface area contributed by atoms with Crippen LogP contribution in [0.4, 0.5) is 5.82 Å². The third-order valence-electron chi connectivity index (χ3n) is 4.35. The second-order valence-corrected chi connectivity index (χ2v) is 8.96. The quantitative estimate of drug-likeness (QED) is 0.211. The van der Waals surface area contributed by atoms with Crippen molar-refractivity contribution in [1.29, 1.82) is 0 Å². The average Bonchev–Trinajstić information content (AvgIpc) is 3.52. The van der Waals surface area contributed by atoms with Gasteiger partial charge in [-0.3, -0.25) is 4.79 Å². The Hall–Kier alpha value is -3.85. The van der Waals surface area contributed by atoms with Gasteiger partial charge in [0.1, 0.15) is 10.8 Å². The molecule has 15 heteroatoms. The standard InChI is InChI=1S/C18H18N10O3S2/c1-9-14(22-27-28(9)16-15(19)25-31-26-16)17(29)23-20-7-11-4-5-13(30-3)12(6-11)8-32-18-24-21-10(2)33-18/h4-7H,8H2,1-3H3,(H2,19,25)(H,23,29). The van der Waals surface area contributed by atoms with E-state index < -0.39 is 5.91 Å². The number of rotatable bonds is 8. The van der Waals surface area contributed by atoms with Gasteiger partial charge in [0, 0.05) is 11.3 Å². The molecule has 0 unspecified atom stereocenters. The number of ether oxygens (including phenoxy) is 1. The van der Waals surface area contributed by atoms with Gasteiger partial charge >= 0.3 is 0 Å². The van der Waals surface area contributed by atoms with Crippen LogP contribution in [-0.4, -0.2) is 54.7 Å². The normalized spacial score (nSPS) is 11.2. The molecule has 1 amide bonds. The van der Waals surface area contributed by atoms with E-state index in [1.807, 2.05) is 25.1 Å². The summed E-state index contributed by atoms with van der Waals surface area (Å²) >= 11 is 3.11. The lowest BCUT2D eigenvalue weighted by Crippen LogP contribution is -2.19. The summed E-state index contributed by atoms with van der Waals surface area (Å²) in [5.74, 6) is 1.03. The first-order valence-electron chi connectivity index (χ1n) is 9.40. The smallest absolute Gasteiger partial charge is 0.293 e. The van der Waals surface area contributed by atoms with E-state index in [4.69, 9.17) is 10.5 Å². The maximum atomic E-state index is 12.5.